The summed E-state index contributed by atoms with van der Waals surface area (Å²) in [6, 6.07) is 0. The van der Waals surface area contributed by atoms with Crippen molar-refractivity contribution < 1.29 is 14.6 Å². The first kappa shape index (κ1) is 10.5. The lowest BCUT2D eigenvalue weighted by Crippen LogP contribution is -2.06. The Bertz CT molecular complexity index is 204. The van der Waals surface area contributed by atoms with Gasteiger partial charge in [-0.25, -0.2) is 4.79 Å². The van der Waals surface area contributed by atoms with E-state index in [1.807, 2.05) is 0 Å². The van der Waals surface area contributed by atoms with E-state index < -0.39 is 5.97 Å². The van der Waals surface area contributed by atoms with Crippen LogP contribution in [0, 0.1) is 0 Å². The monoisotopic (exact) mass is 168 g/mol. The van der Waals surface area contributed by atoms with Crippen LogP contribution in [0.1, 0.15) is 6.42 Å². The molecule has 0 amide bonds. The Morgan fingerprint density at radius 1 is 1.58 bits per heavy atom. The molecule has 0 rings (SSSR count). The van der Waals surface area contributed by atoms with Gasteiger partial charge in [0.1, 0.15) is 6.61 Å². The Labute approximate surface area is 71.7 Å². The molecule has 12 heavy (non-hydrogen) atoms. The largest absolute Gasteiger partial charge is 0.516 e. The molecule has 0 aliphatic heterocycles. The summed E-state index contributed by atoms with van der Waals surface area (Å²) in [6.07, 6.45) is 4.13. The van der Waals surface area contributed by atoms with Gasteiger partial charge in [0, 0.05) is 5.57 Å². The number of ether oxygens (including phenoxy) is 1. The average molecular weight is 168 g/mol. The highest BCUT2D eigenvalue weighted by Gasteiger charge is 2.04. The number of hydrogen-bond acceptors (Lipinski definition) is 3. The number of rotatable bonds is 5. The van der Waals surface area contributed by atoms with Gasteiger partial charge in [0.2, 0.25) is 0 Å². The molecule has 0 saturated heterocycles. The Hall–Kier alpha value is -1.51. The van der Waals surface area contributed by atoms with Crippen molar-refractivity contribution in [2.75, 3.05) is 6.61 Å². The predicted octanol–water partition coefficient (Wildman–Crippen LogP) is 1.73. The summed E-state index contributed by atoms with van der Waals surface area (Å²) >= 11 is 0. The van der Waals surface area contributed by atoms with Crippen LogP contribution in [0.3, 0.4) is 0 Å². The van der Waals surface area contributed by atoms with Crippen LogP contribution in [-0.4, -0.2) is 17.7 Å². The van der Waals surface area contributed by atoms with Gasteiger partial charge in [0.05, 0.1) is 6.26 Å². The fourth-order valence-electron chi connectivity index (χ4n) is 0.526. The molecule has 66 valence electrons. The van der Waals surface area contributed by atoms with Crippen LogP contribution in [0.4, 0.5) is 0 Å². The molecule has 0 aromatic rings. The van der Waals surface area contributed by atoms with Crippen LogP contribution in [-0.2, 0) is 9.53 Å². The van der Waals surface area contributed by atoms with Gasteiger partial charge in [-0.05, 0) is 12.5 Å². The summed E-state index contributed by atoms with van der Waals surface area (Å²) in [4.78, 5) is 10.9. The van der Waals surface area contributed by atoms with Crippen molar-refractivity contribution in [3.63, 3.8) is 0 Å². The van der Waals surface area contributed by atoms with Crippen molar-refractivity contribution in [1.82, 2.24) is 0 Å². The maximum Gasteiger partial charge on any atom is 0.334 e. The average Bonchev–Trinajstić information content (AvgIpc) is 2.05. The summed E-state index contributed by atoms with van der Waals surface area (Å²) in [5.41, 5.74) is 0.358. The molecular weight excluding hydrogens is 156 g/mol. The van der Waals surface area contributed by atoms with Gasteiger partial charge >= 0.3 is 5.97 Å². The summed E-state index contributed by atoms with van der Waals surface area (Å²) in [6.45, 7) is 7.01. The summed E-state index contributed by atoms with van der Waals surface area (Å²) in [5.74, 6) is -0.465. The maximum absolute atomic E-state index is 10.9. The molecule has 0 radical (unpaired) electrons. The minimum Gasteiger partial charge on any atom is -0.516 e. The van der Waals surface area contributed by atoms with Crippen molar-refractivity contribution in [1.29, 1.82) is 0 Å². The molecule has 0 atom stereocenters. The highest BCUT2D eigenvalue weighted by Crippen LogP contribution is 2.00. The highest BCUT2D eigenvalue weighted by molar-refractivity contribution is 5.87. The number of aliphatic hydroxyl groups is 1. The van der Waals surface area contributed by atoms with Gasteiger partial charge in [-0.1, -0.05) is 12.7 Å². The Kier molecular flexibility index (Phi) is 5.43. The first-order valence-corrected chi connectivity index (χ1v) is 3.47. The van der Waals surface area contributed by atoms with Crippen molar-refractivity contribution in [3.8, 4) is 0 Å². The fraction of sp³-hybridized carbons (Fsp3) is 0.222. The molecule has 0 fully saturated rings. The van der Waals surface area contributed by atoms with E-state index in [-0.39, 0.29) is 6.61 Å². The smallest absolute Gasteiger partial charge is 0.334 e. The highest BCUT2D eigenvalue weighted by atomic mass is 16.5. The molecule has 0 bridgehead atoms. The second-order valence-electron chi connectivity index (χ2n) is 2.08. The lowest BCUT2D eigenvalue weighted by atomic mass is 10.2. The molecule has 0 aromatic heterocycles. The van der Waals surface area contributed by atoms with Gasteiger partial charge in [0.25, 0.3) is 0 Å². The van der Waals surface area contributed by atoms with E-state index in [1.54, 1.807) is 6.08 Å². The van der Waals surface area contributed by atoms with Crippen molar-refractivity contribution in [3.05, 3.63) is 37.1 Å². The van der Waals surface area contributed by atoms with Crippen molar-refractivity contribution >= 4 is 5.97 Å². The SMILES string of the molecule is C=CCC(=C)C(=O)OCC=CO. The van der Waals surface area contributed by atoms with Gasteiger partial charge in [-0.15, -0.1) is 6.58 Å². The quantitative estimate of drug-likeness (QED) is 0.294. The number of allylic oxidation sites excluding steroid dienone is 1. The van der Waals surface area contributed by atoms with E-state index in [2.05, 4.69) is 17.9 Å². The Balaban J connectivity index is 3.71. The molecule has 0 heterocycles. The minimum absolute atomic E-state index is 0.0610. The molecule has 0 aliphatic rings. The fourth-order valence-corrected chi connectivity index (χ4v) is 0.526. The number of esters is 1. The second-order valence-corrected chi connectivity index (χ2v) is 2.08. The molecular formula is C9H12O3. The van der Waals surface area contributed by atoms with E-state index in [4.69, 9.17) is 5.11 Å². The maximum atomic E-state index is 10.9. The molecule has 0 spiro atoms. The van der Waals surface area contributed by atoms with Crippen molar-refractivity contribution in [2.24, 2.45) is 0 Å². The van der Waals surface area contributed by atoms with Crippen molar-refractivity contribution in [2.45, 2.75) is 6.42 Å². The van der Waals surface area contributed by atoms with E-state index >= 15 is 0 Å². The second kappa shape index (κ2) is 6.22. The van der Waals surface area contributed by atoms with Crippen LogP contribution in [0.25, 0.3) is 0 Å². The van der Waals surface area contributed by atoms with Crippen LogP contribution in [0.5, 0.6) is 0 Å². The topological polar surface area (TPSA) is 46.5 Å². The molecule has 3 nitrogen and oxygen atoms in total. The zero-order chi connectivity index (χ0) is 9.40. The van der Waals surface area contributed by atoms with Gasteiger partial charge < -0.3 is 9.84 Å². The minimum atomic E-state index is -0.465. The number of aliphatic hydroxyl groups excluding tert-OH is 1. The van der Waals surface area contributed by atoms with E-state index in [0.717, 1.165) is 6.26 Å². The standard InChI is InChI=1S/C9H12O3/c1-3-5-8(2)9(11)12-7-4-6-10/h3-4,6,10H,1-2,5,7H2. The zero-order valence-electron chi connectivity index (χ0n) is 6.82. The Morgan fingerprint density at radius 3 is 2.75 bits per heavy atom. The molecule has 1 N–H and O–H groups in total. The van der Waals surface area contributed by atoms with Gasteiger partial charge in [0.15, 0.2) is 0 Å². The Morgan fingerprint density at radius 2 is 2.25 bits per heavy atom. The molecule has 0 aliphatic carbocycles. The number of carbonyl (C=O) groups excluding carboxylic acids is 1. The lowest BCUT2D eigenvalue weighted by Gasteiger charge is -2.01. The molecule has 0 unspecified atom stereocenters. The summed E-state index contributed by atoms with van der Waals surface area (Å²) in [5, 5.41) is 8.21. The number of carbonyl (C=O) groups is 1. The lowest BCUT2D eigenvalue weighted by molar-refractivity contribution is -0.137. The van der Waals surface area contributed by atoms with Crippen LogP contribution >= 0.6 is 0 Å². The molecule has 0 saturated carbocycles. The van der Waals surface area contributed by atoms with E-state index in [0.29, 0.717) is 12.0 Å². The van der Waals surface area contributed by atoms with Gasteiger partial charge in [-0.2, -0.15) is 0 Å². The number of hydrogen-bond donors (Lipinski definition) is 1. The summed E-state index contributed by atoms with van der Waals surface area (Å²) < 4.78 is 4.66. The normalized spacial score (nSPS) is 9.67. The molecule has 3 heteroatoms. The van der Waals surface area contributed by atoms with E-state index in [1.165, 1.54) is 6.08 Å². The first-order valence-electron chi connectivity index (χ1n) is 3.47. The van der Waals surface area contributed by atoms with Crippen LogP contribution < -0.4 is 0 Å². The van der Waals surface area contributed by atoms with E-state index in [9.17, 15) is 4.79 Å². The third kappa shape index (κ3) is 4.33. The summed E-state index contributed by atoms with van der Waals surface area (Å²) in [7, 11) is 0. The molecule has 0 aromatic carbocycles. The van der Waals surface area contributed by atoms with Crippen LogP contribution in [0.2, 0.25) is 0 Å². The van der Waals surface area contributed by atoms with Crippen LogP contribution in [0.15, 0.2) is 37.1 Å². The predicted molar refractivity (Wildman–Crippen MR) is 46.7 cm³/mol. The van der Waals surface area contributed by atoms with Gasteiger partial charge in [-0.3, -0.25) is 0 Å². The first-order chi connectivity index (χ1) is 5.72. The zero-order valence-corrected chi connectivity index (χ0v) is 6.82. The third-order valence-electron chi connectivity index (χ3n) is 1.10. The third-order valence-corrected chi connectivity index (χ3v) is 1.10.